The van der Waals surface area contributed by atoms with Crippen LogP contribution in [0, 0.1) is 0 Å². The van der Waals surface area contributed by atoms with E-state index in [1.54, 1.807) is 32.9 Å². The molecule has 3 nitrogen and oxygen atoms in total. The van der Waals surface area contributed by atoms with Crippen molar-refractivity contribution < 1.29 is 23.0 Å². The molecular formula is C14H20F3NO2. The molecule has 1 atom stereocenters. The molecule has 0 aliphatic heterocycles. The van der Waals surface area contributed by atoms with E-state index < -0.39 is 18.8 Å². The summed E-state index contributed by atoms with van der Waals surface area (Å²) < 4.78 is 42.9. The van der Waals surface area contributed by atoms with Crippen molar-refractivity contribution in [2.24, 2.45) is 0 Å². The number of rotatable bonds is 5. The zero-order valence-corrected chi connectivity index (χ0v) is 12.0. The molecule has 0 fully saturated rings. The van der Waals surface area contributed by atoms with Crippen LogP contribution in [-0.4, -0.2) is 35.9 Å². The van der Waals surface area contributed by atoms with Gasteiger partial charge in [-0.2, -0.15) is 13.2 Å². The predicted octanol–water partition coefficient (Wildman–Crippen LogP) is 3.73. The molecule has 0 saturated heterocycles. The molecule has 0 heterocycles. The summed E-state index contributed by atoms with van der Waals surface area (Å²) in [4.78, 5) is 1.35. The van der Waals surface area contributed by atoms with Crippen molar-refractivity contribution in [1.29, 1.82) is 0 Å². The van der Waals surface area contributed by atoms with Crippen LogP contribution in [0.2, 0.25) is 0 Å². The van der Waals surface area contributed by atoms with E-state index >= 15 is 0 Å². The van der Waals surface area contributed by atoms with Crippen LogP contribution < -0.4 is 4.74 Å². The van der Waals surface area contributed by atoms with Gasteiger partial charge < -0.3 is 9.84 Å². The van der Waals surface area contributed by atoms with Gasteiger partial charge >= 0.3 is 6.18 Å². The molecule has 1 unspecified atom stereocenters. The first kappa shape index (κ1) is 16.6. The highest BCUT2D eigenvalue weighted by molar-refractivity contribution is 5.42. The van der Waals surface area contributed by atoms with E-state index in [1.165, 1.54) is 18.1 Å². The van der Waals surface area contributed by atoms with Gasteiger partial charge in [0.25, 0.3) is 0 Å². The summed E-state index contributed by atoms with van der Waals surface area (Å²) >= 11 is 0. The van der Waals surface area contributed by atoms with Crippen LogP contribution in [0.3, 0.4) is 0 Å². The lowest BCUT2D eigenvalue weighted by atomic mass is 10.0. The Kier molecular flexibility index (Phi) is 5.28. The molecule has 1 aromatic rings. The topological polar surface area (TPSA) is 32.7 Å². The number of hydrogen-bond acceptors (Lipinski definition) is 3. The Morgan fingerprint density at radius 1 is 1.25 bits per heavy atom. The molecule has 0 spiro atoms. The van der Waals surface area contributed by atoms with Gasteiger partial charge in [-0.05, 0) is 38.5 Å². The highest BCUT2D eigenvalue weighted by Crippen LogP contribution is 2.33. The van der Waals surface area contributed by atoms with E-state index in [0.717, 1.165) is 0 Å². The summed E-state index contributed by atoms with van der Waals surface area (Å²) in [6.45, 7) is 4.17. The molecule has 6 heteroatoms. The third kappa shape index (κ3) is 4.30. The first-order valence-electron chi connectivity index (χ1n) is 6.35. The molecule has 1 N–H and O–H groups in total. The summed E-state index contributed by atoms with van der Waals surface area (Å²) in [5.41, 5.74) is 0.664. The lowest BCUT2D eigenvalue weighted by molar-refractivity contribution is -0.154. The largest absolute Gasteiger partial charge is 0.504 e. The van der Waals surface area contributed by atoms with Gasteiger partial charge in [0.05, 0.1) is 13.7 Å². The Labute approximate surface area is 117 Å². The van der Waals surface area contributed by atoms with Gasteiger partial charge in [0, 0.05) is 12.1 Å². The maximum absolute atomic E-state index is 12.6. The SMILES string of the molecule is COc1cc(C(C)N(CC(F)(F)F)C(C)C)ccc1O. The van der Waals surface area contributed by atoms with Crippen molar-refractivity contribution in [2.45, 2.75) is 39.0 Å². The third-order valence-electron chi connectivity index (χ3n) is 3.21. The van der Waals surface area contributed by atoms with Crippen molar-refractivity contribution in [1.82, 2.24) is 4.90 Å². The number of alkyl halides is 3. The first-order chi connectivity index (χ1) is 9.15. The number of phenols is 1. The highest BCUT2D eigenvalue weighted by atomic mass is 19.4. The van der Waals surface area contributed by atoms with Gasteiger partial charge in [-0.25, -0.2) is 0 Å². The lowest BCUT2D eigenvalue weighted by Gasteiger charge is -2.33. The molecule has 1 aromatic carbocycles. The molecule has 20 heavy (non-hydrogen) atoms. The van der Waals surface area contributed by atoms with Crippen LogP contribution in [-0.2, 0) is 0 Å². The van der Waals surface area contributed by atoms with Gasteiger partial charge in [-0.1, -0.05) is 6.07 Å². The van der Waals surface area contributed by atoms with Crippen molar-refractivity contribution >= 4 is 0 Å². The molecule has 0 radical (unpaired) electrons. The summed E-state index contributed by atoms with van der Waals surface area (Å²) in [5.74, 6) is 0.223. The molecular weight excluding hydrogens is 271 g/mol. The Morgan fingerprint density at radius 2 is 1.85 bits per heavy atom. The fourth-order valence-electron chi connectivity index (χ4n) is 2.12. The minimum absolute atomic E-state index is 0.0321. The number of methoxy groups -OCH3 is 1. The highest BCUT2D eigenvalue weighted by Gasteiger charge is 2.34. The Bertz CT molecular complexity index is 447. The van der Waals surface area contributed by atoms with Crippen LogP contribution in [0.1, 0.15) is 32.4 Å². The molecule has 0 aliphatic rings. The van der Waals surface area contributed by atoms with E-state index in [4.69, 9.17) is 4.74 Å². The van der Waals surface area contributed by atoms with Crippen molar-refractivity contribution in [2.75, 3.05) is 13.7 Å². The maximum Gasteiger partial charge on any atom is 0.401 e. The molecule has 0 aliphatic carbocycles. The monoisotopic (exact) mass is 291 g/mol. The number of benzene rings is 1. The predicted molar refractivity (Wildman–Crippen MR) is 71.0 cm³/mol. The molecule has 0 saturated carbocycles. The number of ether oxygens (including phenoxy) is 1. The standard InChI is InChI=1S/C14H20F3NO2/c1-9(2)18(8-14(15,16)17)10(3)11-5-6-12(19)13(7-11)20-4/h5-7,9-10,19H,8H2,1-4H3. The van der Waals surface area contributed by atoms with E-state index in [1.807, 2.05) is 0 Å². The number of aromatic hydroxyl groups is 1. The molecule has 0 aromatic heterocycles. The average Bonchev–Trinajstić information content (AvgIpc) is 2.34. The fraction of sp³-hybridized carbons (Fsp3) is 0.571. The summed E-state index contributed by atoms with van der Waals surface area (Å²) in [7, 11) is 1.40. The summed E-state index contributed by atoms with van der Waals surface area (Å²) in [6, 6.07) is 3.90. The van der Waals surface area contributed by atoms with Crippen LogP contribution in [0.4, 0.5) is 13.2 Å². The maximum atomic E-state index is 12.6. The second kappa shape index (κ2) is 6.35. The number of hydrogen-bond donors (Lipinski definition) is 1. The van der Waals surface area contributed by atoms with Crippen LogP contribution in [0.5, 0.6) is 11.5 Å². The van der Waals surface area contributed by atoms with Crippen molar-refractivity contribution in [3.8, 4) is 11.5 Å². The molecule has 114 valence electrons. The van der Waals surface area contributed by atoms with E-state index in [9.17, 15) is 18.3 Å². The van der Waals surface area contributed by atoms with E-state index in [-0.39, 0.29) is 17.5 Å². The number of phenolic OH excluding ortho intramolecular Hbond substituents is 1. The zero-order valence-electron chi connectivity index (χ0n) is 12.0. The average molecular weight is 291 g/mol. The number of halogens is 3. The van der Waals surface area contributed by atoms with Crippen LogP contribution >= 0.6 is 0 Å². The third-order valence-corrected chi connectivity index (χ3v) is 3.21. The fourth-order valence-corrected chi connectivity index (χ4v) is 2.12. The Morgan fingerprint density at radius 3 is 2.30 bits per heavy atom. The molecule has 1 rings (SSSR count). The Hall–Kier alpha value is -1.43. The minimum Gasteiger partial charge on any atom is -0.504 e. The zero-order chi connectivity index (χ0) is 15.5. The summed E-state index contributed by atoms with van der Waals surface area (Å²) in [5, 5.41) is 9.53. The van der Waals surface area contributed by atoms with Crippen molar-refractivity contribution in [3.05, 3.63) is 23.8 Å². The van der Waals surface area contributed by atoms with Gasteiger partial charge in [0.1, 0.15) is 0 Å². The minimum atomic E-state index is -4.25. The van der Waals surface area contributed by atoms with Gasteiger partial charge in [-0.3, -0.25) is 4.90 Å². The van der Waals surface area contributed by atoms with Crippen molar-refractivity contribution in [3.63, 3.8) is 0 Å². The van der Waals surface area contributed by atoms with E-state index in [0.29, 0.717) is 5.56 Å². The molecule has 0 amide bonds. The van der Waals surface area contributed by atoms with Crippen LogP contribution in [0.25, 0.3) is 0 Å². The molecule has 0 bridgehead atoms. The quantitative estimate of drug-likeness (QED) is 0.897. The normalized spacial score (nSPS) is 13.8. The second-order valence-electron chi connectivity index (χ2n) is 4.99. The Balaban J connectivity index is 3.03. The van der Waals surface area contributed by atoms with E-state index in [2.05, 4.69) is 0 Å². The van der Waals surface area contributed by atoms with Crippen LogP contribution in [0.15, 0.2) is 18.2 Å². The van der Waals surface area contributed by atoms with Gasteiger partial charge in [0.2, 0.25) is 0 Å². The summed E-state index contributed by atoms with van der Waals surface area (Å²) in [6.07, 6.45) is -4.25. The second-order valence-corrected chi connectivity index (χ2v) is 4.99. The number of nitrogens with zero attached hydrogens (tertiary/aromatic N) is 1. The smallest absolute Gasteiger partial charge is 0.401 e. The van der Waals surface area contributed by atoms with Gasteiger partial charge in [0.15, 0.2) is 11.5 Å². The first-order valence-corrected chi connectivity index (χ1v) is 6.35. The lowest BCUT2D eigenvalue weighted by Crippen LogP contribution is -2.40. The van der Waals surface area contributed by atoms with Gasteiger partial charge in [-0.15, -0.1) is 0 Å².